The number of carbonyl (C=O) groups excluding carboxylic acids is 1. The monoisotopic (exact) mass is 401 g/mol. The Kier molecular flexibility index (Phi) is 5.55. The number of aromatic nitrogens is 1. The molecule has 0 spiro atoms. The van der Waals surface area contributed by atoms with Gasteiger partial charge in [0.15, 0.2) is 0 Å². The molecule has 5 nitrogen and oxygen atoms in total. The fourth-order valence-electron chi connectivity index (χ4n) is 3.89. The zero-order valence-electron chi connectivity index (χ0n) is 16.1. The highest BCUT2D eigenvalue weighted by molar-refractivity contribution is 7.99. The number of ether oxygens (including phenoxy) is 1. The van der Waals surface area contributed by atoms with Gasteiger partial charge in [-0.3, -0.25) is 4.79 Å². The van der Waals surface area contributed by atoms with Gasteiger partial charge in [0.2, 0.25) is 0 Å². The first-order valence-corrected chi connectivity index (χ1v) is 10.6. The van der Waals surface area contributed by atoms with Gasteiger partial charge < -0.3 is 15.0 Å². The van der Waals surface area contributed by atoms with E-state index in [4.69, 9.17) is 9.72 Å². The molecular weight excluding hydrogens is 377 g/mol. The van der Waals surface area contributed by atoms with Crippen LogP contribution in [0.25, 0.3) is 0 Å². The number of hydrogen-bond donors (Lipinski definition) is 1. The summed E-state index contributed by atoms with van der Waals surface area (Å²) < 4.78 is 19.1. The third-order valence-corrected chi connectivity index (χ3v) is 6.07. The number of rotatable bonds is 6. The molecule has 1 N–H and O–H groups in total. The topological polar surface area (TPSA) is 54.5 Å². The van der Waals surface area contributed by atoms with E-state index in [1.807, 2.05) is 13.0 Å². The quantitative estimate of drug-likeness (QED) is 0.751. The molecule has 2 aliphatic heterocycles. The zero-order valence-corrected chi connectivity index (χ0v) is 16.9. The molecule has 28 heavy (non-hydrogen) atoms. The van der Waals surface area contributed by atoms with E-state index in [0.29, 0.717) is 17.7 Å². The number of halogens is 1. The number of nitrogens with zero attached hydrogens (tertiary/aromatic N) is 2. The molecule has 1 amide bonds. The molecule has 2 unspecified atom stereocenters. The van der Waals surface area contributed by atoms with Crippen molar-refractivity contribution in [2.75, 3.05) is 23.8 Å². The van der Waals surface area contributed by atoms with Crippen LogP contribution in [0.3, 0.4) is 0 Å². The van der Waals surface area contributed by atoms with Crippen molar-refractivity contribution in [2.45, 2.75) is 44.0 Å². The normalized spacial score (nSPS) is 20.6. The number of benzene rings is 1. The maximum Gasteiger partial charge on any atom is 0.254 e. The molecule has 4 rings (SSSR count). The summed E-state index contributed by atoms with van der Waals surface area (Å²) in [5.41, 5.74) is 2.24. The molecule has 1 aromatic carbocycles. The largest absolute Gasteiger partial charge is 0.374 e. The maximum absolute atomic E-state index is 13.4. The van der Waals surface area contributed by atoms with Crippen molar-refractivity contribution in [3.63, 3.8) is 0 Å². The van der Waals surface area contributed by atoms with Crippen molar-refractivity contribution in [3.05, 3.63) is 52.8 Å². The van der Waals surface area contributed by atoms with Gasteiger partial charge in [0, 0.05) is 13.1 Å². The van der Waals surface area contributed by atoms with Crippen LogP contribution in [0.1, 0.15) is 34.8 Å². The average Bonchev–Trinajstić information content (AvgIpc) is 3.30. The van der Waals surface area contributed by atoms with Crippen LogP contribution < -0.4 is 10.2 Å². The molecule has 2 bridgehead atoms. The molecular formula is C21H24FN3O2S. The predicted molar refractivity (Wildman–Crippen MR) is 108 cm³/mol. The van der Waals surface area contributed by atoms with Gasteiger partial charge in [-0.15, -0.1) is 11.8 Å². The van der Waals surface area contributed by atoms with Crippen LogP contribution in [0, 0.1) is 12.7 Å². The first-order valence-electron chi connectivity index (χ1n) is 9.60. The first-order chi connectivity index (χ1) is 13.5. The van der Waals surface area contributed by atoms with Crippen molar-refractivity contribution >= 4 is 23.5 Å². The summed E-state index contributed by atoms with van der Waals surface area (Å²) in [4.78, 5) is 20.0. The summed E-state index contributed by atoms with van der Waals surface area (Å²) in [5, 5.41) is 3.65. The predicted octanol–water partition coefficient (Wildman–Crippen LogP) is 3.55. The van der Waals surface area contributed by atoms with E-state index < -0.39 is 0 Å². The van der Waals surface area contributed by atoms with Gasteiger partial charge in [-0.25, -0.2) is 9.37 Å². The molecule has 0 radical (unpaired) electrons. The molecule has 0 aliphatic carbocycles. The van der Waals surface area contributed by atoms with Crippen molar-refractivity contribution in [2.24, 2.45) is 0 Å². The second-order valence-electron chi connectivity index (χ2n) is 7.22. The Hall–Kier alpha value is -2.12. The molecule has 148 valence electrons. The lowest BCUT2D eigenvalue weighted by atomic mass is 10.1. The third-order valence-electron chi connectivity index (χ3n) is 5.21. The molecule has 2 saturated heterocycles. The van der Waals surface area contributed by atoms with Crippen molar-refractivity contribution < 1.29 is 13.9 Å². The van der Waals surface area contributed by atoms with E-state index in [-0.39, 0.29) is 18.3 Å². The smallest absolute Gasteiger partial charge is 0.254 e. The highest BCUT2D eigenvalue weighted by Crippen LogP contribution is 2.34. The van der Waals surface area contributed by atoms with Crippen LogP contribution in [0.5, 0.6) is 0 Å². The fourth-order valence-corrected chi connectivity index (χ4v) is 4.72. The second kappa shape index (κ2) is 8.09. The van der Waals surface area contributed by atoms with Crippen LogP contribution >= 0.6 is 11.8 Å². The molecule has 2 fully saturated rings. The number of carbonyl (C=O) groups is 1. The Morgan fingerprint density at radius 2 is 2.29 bits per heavy atom. The number of thioether (sulfide) groups is 1. The Balaban J connectivity index is 1.56. The molecule has 1 aromatic heterocycles. The van der Waals surface area contributed by atoms with Crippen LogP contribution in [0.4, 0.5) is 10.2 Å². The van der Waals surface area contributed by atoms with Crippen LogP contribution in [-0.4, -0.2) is 41.9 Å². The van der Waals surface area contributed by atoms with Crippen LogP contribution in [0.15, 0.2) is 35.4 Å². The Bertz CT molecular complexity index is 892. The van der Waals surface area contributed by atoms with Crippen molar-refractivity contribution in [3.8, 4) is 0 Å². The van der Waals surface area contributed by atoms with Crippen molar-refractivity contribution in [1.29, 1.82) is 0 Å². The fraction of sp³-hybridized carbons (Fsp3) is 0.429. The number of fused-ring (bicyclic) bond motifs is 2. The van der Waals surface area contributed by atoms with Gasteiger partial charge in [0.1, 0.15) is 16.7 Å². The molecule has 2 atom stereocenters. The Morgan fingerprint density at radius 3 is 2.96 bits per heavy atom. The number of pyridine rings is 1. The third kappa shape index (κ3) is 3.86. The van der Waals surface area contributed by atoms with Gasteiger partial charge in [-0.1, -0.05) is 19.1 Å². The summed E-state index contributed by atoms with van der Waals surface area (Å²) in [5.74, 6) is 1.27. The molecule has 7 heteroatoms. The van der Waals surface area contributed by atoms with E-state index in [2.05, 4.69) is 17.1 Å². The zero-order chi connectivity index (χ0) is 19.7. The summed E-state index contributed by atoms with van der Waals surface area (Å²) >= 11 is 1.57. The molecule has 3 heterocycles. The second-order valence-corrected chi connectivity index (χ2v) is 8.47. The highest BCUT2D eigenvalue weighted by Gasteiger charge is 2.40. The minimum Gasteiger partial charge on any atom is -0.374 e. The number of morpholine rings is 1. The maximum atomic E-state index is 13.4. The van der Waals surface area contributed by atoms with Gasteiger partial charge in [0.05, 0.1) is 24.3 Å². The lowest BCUT2D eigenvalue weighted by Gasteiger charge is -2.29. The first kappa shape index (κ1) is 19.2. The molecule has 2 aliphatic rings. The van der Waals surface area contributed by atoms with E-state index in [1.54, 1.807) is 23.9 Å². The van der Waals surface area contributed by atoms with E-state index >= 15 is 0 Å². The minimum atomic E-state index is -0.305. The molecule has 0 saturated carbocycles. The van der Waals surface area contributed by atoms with E-state index in [0.717, 1.165) is 47.3 Å². The van der Waals surface area contributed by atoms with Crippen LogP contribution in [0.2, 0.25) is 0 Å². The highest BCUT2D eigenvalue weighted by atomic mass is 32.2. The summed E-state index contributed by atoms with van der Waals surface area (Å²) in [6.07, 6.45) is 1.34. The number of aryl methyl sites for hydroxylation is 1. The lowest BCUT2D eigenvalue weighted by Crippen LogP contribution is -2.37. The number of anilines is 1. The summed E-state index contributed by atoms with van der Waals surface area (Å²) in [6, 6.07) is 8.64. The number of nitrogens with one attached hydrogen (secondary N) is 1. The van der Waals surface area contributed by atoms with Gasteiger partial charge in [-0.2, -0.15) is 0 Å². The van der Waals surface area contributed by atoms with Gasteiger partial charge >= 0.3 is 0 Å². The Labute approximate surface area is 168 Å². The van der Waals surface area contributed by atoms with E-state index in [9.17, 15) is 9.18 Å². The van der Waals surface area contributed by atoms with Crippen LogP contribution in [-0.2, 0) is 11.3 Å². The summed E-state index contributed by atoms with van der Waals surface area (Å²) in [7, 11) is 0. The summed E-state index contributed by atoms with van der Waals surface area (Å²) in [6.45, 7) is 5.89. The van der Waals surface area contributed by atoms with Gasteiger partial charge in [0.25, 0.3) is 5.91 Å². The average molecular weight is 402 g/mol. The standard InChI is InChI=1S/C21H24FN3O2S/c1-3-28-21-19(20(26)23-10-14-5-4-6-15(22)8-14)13(2)7-18(24-21)25-11-17-9-16(25)12-27-17/h4-8,16-17H,3,9-12H2,1-2H3,(H,23,26). The van der Waals surface area contributed by atoms with E-state index in [1.165, 1.54) is 12.1 Å². The van der Waals surface area contributed by atoms with Crippen molar-refractivity contribution in [1.82, 2.24) is 10.3 Å². The lowest BCUT2D eigenvalue weighted by molar-refractivity contribution is 0.0945. The van der Waals surface area contributed by atoms with Gasteiger partial charge in [-0.05, 0) is 48.4 Å². The number of hydrogen-bond acceptors (Lipinski definition) is 5. The minimum absolute atomic E-state index is 0.178. The molecule has 2 aromatic rings. The number of amides is 1. The SMILES string of the molecule is CCSc1nc(N2CC3CC2CO3)cc(C)c1C(=O)NCc1cccc(F)c1. The Morgan fingerprint density at radius 1 is 1.43 bits per heavy atom.